The molecule has 0 fully saturated rings. The maximum absolute atomic E-state index is 6.06. The minimum absolute atomic E-state index is 0.730. The zero-order valence-corrected chi connectivity index (χ0v) is 12.3. The minimum Gasteiger partial charge on any atom is -0.497 e. The normalized spacial score (nSPS) is 12.1. The third-order valence-corrected chi connectivity index (χ3v) is 4.70. The van der Waals surface area contributed by atoms with Crippen LogP contribution in [-0.4, -0.2) is 13.7 Å². The quantitative estimate of drug-likeness (QED) is 0.751. The highest BCUT2D eigenvalue weighted by molar-refractivity contribution is 7.68. The number of hydrogen-bond donors (Lipinski definition) is 0. The first-order valence-corrected chi connectivity index (χ1v) is 7.73. The number of benzene rings is 2. The first-order valence-electron chi connectivity index (χ1n) is 6.47. The van der Waals surface area contributed by atoms with E-state index in [4.69, 9.17) is 9.26 Å². The molecule has 2 aromatic carbocycles. The molecule has 2 rings (SSSR count). The highest BCUT2D eigenvalue weighted by Gasteiger charge is 2.14. The van der Waals surface area contributed by atoms with Crippen molar-refractivity contribution in [1.82, 2.24) is 0 Å². The van der Waals surface area contributed by atoms with Gasteiger partial charge in [-0.25, -0.2) is 0 Å². The molecule has 1 atom stereocenters. The topological polar surface area (TPSA) is 18.5 Å². The maximum Gasteiger partial charge on any atom is 0.118 e. The number of rotatable bonds is 6. The first-order chi connectivity index (χ1) is 9.35. The van der Waals surface area contributed by atoms with Crippen LogP contribution in [0.4, 0.5) is 0 Å². The second-order valence-electron chi connectivity index (χ2n) is 4.16. The summed E-state index contributed by atoms with van der Waals surface area (Å²) in [5, 5.41) is 2.46. The Labute approximate surface area is 116 Å². The van der Waals surface area contributed by atoms with E-state index >= 15 is 0 Å². The van der Waals surface area contributed by atoms with Gasteiger partial charge < -0.3 is 9.26 Å². The fourth-order valence-electron chi connectivity index (χ4n) is 1.76. The van der Waals surface area contributed by atoms with E-state index in [9.17, 15) is 0 Å². The molecule has 19 heavy (non-hydrogen) atoms. The molecule has 0 spiro atoms. The fourth-order valence-corrected chi connectivity index (χ4v) is 3.59. The van der Waals surface area contributed by atoms with Crippen LogP contribution in [0.25, 0.3) is 0 Å². The van der Waals surface area contributed by atoms with E-state index in [0.717, 1.165) is 18.8 Å². The first kappa shape index (κ1) is 14.0. The second-order valence-corrected chi connectivity index (χ2v) is 6.04. The van der Waals surface area contributed by atoms with Crippen molar-refractivity contribution in [2.24, 2.45) is 0 Å². The van der Waals surface area contributed by atoms with Gasteiger partial charge >= 0.3 is 0 Å². The van der Waals surface area contributed by atoms with E-state index in [1.165, 1.54) is 10.6 Å². The van der Waals surface area contributed by atoms with Crippen LogP contribution in [0.1, 0.15) is 13.3 Å². The van der Waals surface area contributed by atoms with Gasteiger partial charge in [-0.05, 0) is 30.7 Å². The minimum atomic E-state index is -0.730. The van der Waals surface area contributed by atoms with Crippen LogP contribution < -0.4 is 15.3 Å². The van der Waals surface area contributed by atoms with Gasteiger partial charge in [0.25, 0.3) is 0 Å². The van der Waals surface area contributed by atoms with Crippen LogP contribution in [0.2, 0.25) is 0 Å². The molecule has 0 radical (unpaired) electrons. The number of ether oxygens (including phenoxy) is 1. The molecular weight excluding hydrogens is 255 g/mol. The molecule has 0 aromatic heterocycles. The lowest BCUT2D eigenvalue weighted by Crippen LogP contribution is -2.14. The number of methoxy groups -OCH3 is 1. The molecule has 0 saturated carbocycles. The van der Waals surface area contributed by atoms with E-state index in [0.29, 0.717) is 0 Å². The molecule has 0 saturated heterocycles. The van der Waals surface area contributed by atoms with Crippen LogP contribution in [0.15, 0.2) is 54.6 Å². The van der Waals surface area contributed by atoms with E-state index < -0.39 is 8.15 Å². The summed E-state index contributed by atoms with van der Waals surface area (Å²) in [4.78, 5) is 0. The summed E-state index contributed by atoms with van der Waals surface area (Å²) < 4.78 is 11.3. The molecule has 0 heterocycles. The van der Waals surface area contributed by atoms with Crippen molar-refractivity contribution in [2.45, 2.75) is 13.3 Å². The lowest BCUT2D eigenvalue weighted by molar-refractivity contribution is 0.360. The van der Waals surface area contributed by atoms with Gasteiger partial charge in [-0.2, -0.15) is 0 Å². The molecule has 0 amide bonds. The van der Waals surface area contributed by atoms with Crippen molar-refractivity contribution in [3.63, 3.8) is 0 Å². The van der Waals surface area contributed by atoms with Crippen molar-refractivity contribution in [2.75, 3.05) is 13.7 Å². The standard InChI is InChI=1S/C16H19O2P/c1-3-13-18-19(15-7-5-4-6-8-15)16-11-9-14(17-2)10-12-16/h4-12H,3,13H2,1-2H3. The molecule has 0 aliphatic carbocycles. The Hall–Kier alpha value is -1.37. The molecule has 1 unspecified atom stereocenters. The predicted molar refractivity (Wildman–Crippen MR) is 81.9 cm³/mol. The summed E-state index contributed by atoms with van der Waals surface area (Å²) in [6, 6.07) is 18.6. The molecule has 2 aromatic rings. The SMILES string of the molecule is CCCOP(c1ccccc1)c1ccc(OC)cc1. The van der Waals surface area contributed by atoms with Gasteiger partial charge in [-0.1, -0.05) is 37.3 Å². The Morgan fingerprint density at radius 1 is 0.895 bits per heavy atom. The van der Waals surface area contributed by atoms with E-state index in [1.54, 1.807) is 7.11 Å². The summed E-state index contributed by atoms with van der Waals surface area (Å²) in [6.07, 6.45) is 1.03. The summed E-state index contributed by atoms with van der Waals surface area (Å²) in [5.74, 6) is 0.877. The van der Waals surface area contributed by atoms with E-state index in [-0.39, 0.29) is 0 Å². The average Bonchev–Trinajstić information content (AvgIpc) is 2.49. The van der Waals surface area contributed by atoms with Crippen molar-refractivity contribution in [3.8, 4) is 5.75 Å². The van der Waals surface area contributed by atoms with Crippen molar-refractivity contribution in [1.29, 1.82) is 0 Å². The summed E-state index contributed by atoms with van der Waals surface area (Å²) in [5.41, 5.74) is 0. The van der Waals surface area contributed by atoms with Crippen molar-refractivity contribution < 1.29 is 9.26 Å². The monoisotopic (exact) mass is 274 g/mol. The lowest BCUT2D eigenvalue weighted by atomic mass is 10.3. The lowest BCUT2D eigenvalue weighted by Gasteiger charge is -2.18. The molecule has 3 heteroatoms. The largest absolute Gasteiger partial charge is 0.497 e. The predicted octanol–water partition coefficient (Wildman–Crippen LogP) is 3.47. The third-order valence-electron chi connectivity index (χ3n) is 2.72. The van der Waals surface area contributed by atoms with Crippen LogP contribution in [0.3, 0.4) is 0 Å². The van der Waals surface area contributed by atoms with Gasteiger partial charge in [-0.15, -0.1) is 0 Å². The highest BCUT2D eigenvalue weighted by atomic mass is 31.1. The summed E-state index contributed by atoms with van der Waals surface area (Å²) in [6.45, 7) is 2.92. The molecule has 100 valence electrons. The van der Waals surface area contributed by atoms with Gasteiger partial charge in [0.05, 0.1) is 21.9 Å². The Morgan fingerprint density at radius 3 is 2.11 bits per heavy atom. The van der Waals surface area contributed by atoms with Gasteiger partial charge in [0.2, 0.25) is 0 Å². The average molecular weight is 274 g/mol. The Balaban J connectivity index is 2.26. The second kappa shape index (κ2) is 7.28. The van der Waals surface area contributed by atoms with Crippen LogP contribution in [0.5, 0.6) is 5.75 Å². The zero-order chi connectivity index (χ0) is 13.5. The van der Waals surface area contributed by atoms with Crippen molar-refractivity contribution >= 4 is 18.8 Å². The van der Waals surface area contributed by atoms with Crippen LogP contribution >= 0.6 is 8.15 Å². The van der Waals surface area contributed by atoms with Gasteiger partial charge in [-0.3, -0.25) is 0 Å². The van der Waals surface area contributed by atoms with Crippen molar-refractivity contribution in [3.05, 3.63) is 54.6 Å². The van der Waals surface area contributed by atoms with Crippen LogP contribution in [-0.2, 0) is 4.52 Å². The fraction of sp³-hybridized carbons (Fsp3) is 0.250. The smallest absolute Gasteiger partial charge is 0.118 e. The highest BCUT2D eigenvalue weighted by Crippen LogP contribution is 2.35. The molecule has 2 nitrogen and oxygen atoms in total. The molecular formula is C16H19O2P. The van der Waals surface area contributed by atoms with E-state index in [1.807, 2.05) is 18.2 Å². The van der Waals surface area contributed by atoms with Gasteiger partial charge in [0, 0.05) is 10.6 Å². The summed E-state index contributed by atoms with van der Waals surface area (Å²) >= 11 is 0. The van der Waals surface area contributed by atoms with Gasteiger partial charge in [0.15, 0.2) is 0 Å². The molecule has 0 aliphatic rings. The molecule has 0 bridgehead atoms. The number of hydrogen-bond acceptors (Lipinski definition) is 2. The molecule has 0 N–H and O–H groups in total. The van der Waals surface area contributed by atoms with Gasteiger partial charge in [0.1, 0.15) is 5.75 Å². The third kappa shape index (κ3) is 3.79. The zero-order valence-electron chi connectivity index (χ0n) is 11.4. The Kier molecular flexibility index (Phi) is 5.38. The van der Waals surface area contributed by atoms with E-state index in [2.05, 4.69) is 43.3 Å². The summed E-state index contributed by atoms with van der Waals surface area (Å²) in [7, 11) is 0.953. The maximum atomic E-state index is 6.06. The Bertz CT molecular complexity index is 482. The Morgan fingerprint density at radius 2 is 1.53 bits per heavy atom. The molecule has 0 aliphatic heterocycles. The van der Waals surface area contributed by atoms with Crippen LogP contribution in [0, 0.1) is 0 Å².